The van der Waals surface area contributed by atoms with Crippen molar-refractivity contribution in [1.29, 1.82) is 0 Å². The van der Waals surface area contributed by atoms with Gasteiger partial charge in [0.25, 0.3) is 0 Å². The Hall–Kier alpha value is -2.27. The lowest BCUT2D eigenvalue weighted by Gasteiger charge is -2.26. The minimum atomic E-state index is -0.154. The minimum Gasteiger partial charge on any atom is -0.493 e. The number of fused-ring (bicyclic) bond motifs is 1. The van der Waals surface area contributed by atoms with Crippen LogP contribution in [0.15, 0.2) is 30.3 Å². The van der Waals surface area contributed by atoms with Crippen LogP contribution in [0.2, 0.25) is 5.15 Å². The molecular formula is C20H24ClN3O2. The van der Waals surface area contributed by atoms with E-state index in [4.69, 9.17) is 16.3 Å². The van der Waals surface area contributed by atoms with Crippen molar-refractivity contribution < 1.29 is 9.53 Å². The minimum absolute atomic E-state index is 0.0441. The van der Waals surface area contributed by atoms with Crippen LogP contribution in [0.1, 0.15) is 43.1 Å². The number of aromatic nitrogens is 2. The van der Waals surface area contributed by atoms with Crippen molar-refractivity contribution in [3.05, 3.63) is 52.3 Å². The van der Waals surface area contributed by atoms with Gasteiger partial charge in [-0.1, -0.05) is 43.6 Å². The number of carbonyl (C=O) groups excluding carboxylic acids is 1. The normalized spacial score (nSPS) is 16.6. The smallest absolute Gasteiger partial charge is 0.244 e. The molecule has 0 unspecified atom stereocenters. The molecule has 0 radical (unpaired) electrons. The molecule has 1 amide bonds. The maximum atomic E-state index is 12.4. The average molecular weight is 374 g/mol. The summed E-state index contributed by atoms with van der Waals surface area (Å²) < 4.78 is 7.42. The summed E-state index contributed by atoms with van der Waals surface area (Å²) in [5.41, 5.74) is 2.62. The molecule has 1 aromatic heterocycles. The van der Waals surface area contributed by atoms with Crippen molar-refractivity contribution in [2.75, 3.05) is 6.61 Å². The summed E-state index contributed by atoms with van der Waals surface area (Å²) in [7, 11) is 0. The number of rotatable bonds is 5. The number of halogens is 1. The van der Waals surface area contributed by atoms with E-state index in [-0.39, 0.29) is 11.9 Å². The number of ether oxygens (including phenoxy) is 1. The van der Waals surface area contributed by atoms with Crippen LogP contribution in [0.4, 0.5) is 0 Å². The highest BCUT2D eigenvalue weighted by Crippen LogP contribution is 2.31. The summed E-state index contributed by atoms with van der Waals surface area (Å²) in [6.07, 6.45) is 4.01. The summed E-state index contributed by atoms with van der Waals surface area (Å²) in [5.74, 6) is 1.13. The molecule has 1 N–H and O–H groups in total. The second-order valence-corrected chi connectivity index (χ2v) is 7.29. The highest BCUT2D eigenvalue weighted by molar-refractivity contribution is 6.31. The lowest BCUT2D eigenvalue weighted by atomic mass is 10.0. The zero-order valence-electron chi connectivity index (χ0n) is 15.3. The Balaban J connectivity index is 1.70. The molecule has 1 aliphatic heterocycles. The zero-order valence-corrected chi connectivity index (χ0v) is 16.1. The molecular weight excluding hydrogens is 350 g/mol. The number of nitrogens with one attached hydrogen (secondary N) is 1. The van der Waals surface area contributed by atoms with Crippen LogP contribution in [0.25, 0.3) is 6.08 Å². The number of nitrogens with zero attached hydrogens (tertiary/aromatic N) is 2. The lowest BCUT2D eigenvalue weighted by Crippen LogP contribution is -2.30. The number of amides is 1. The van der Waals surface area contributed by atoms with E-state index in [1.165, 1.54) is 6.08 Å². The van der Waals surface area contributed by atoms with Crippen LogP contribution in [0, 0.1) is 12.8 Å². The quantitative estimate of drug-likeness (QED) is 0.801. The van der Waals surface area contributed by atoms with Crippen molar-refractivity contribution in [1.82, 2.24) is 15.1 Å². The van der Waals surface area contributed by atoms with Gasteiger partial charge in [0.05, 0.1) is 18.3 Å². The molecule has 6 heteroatoms. The first-order valence-corrected chi connectivity index (χ1v) is 9.26. The van der Waals surface area contributed by atoms with Crippen LogP contribution in [0.3, 0.4) is 0 Å². The molecule has 0 saturated heterocycles. The van der Waals surface area contributed by atoms with Crippen LogP contribution in [-0.4, -0.2) is 22.3 Å². The van der Waals surface area contributed by atoms with Gasteiger partial charge in [0.15, 0.2) is 0 Å². The number of hydrogen-bond acceptors (Lipinski definition) is 3. The predicted octanol–water partition coefficient (Wildman–Crippen LogP) is 4.15. The molecule has 26 heavy (non-hydrogen) atoms. The fourth-order valence-electron chi connectivity index (χ4n) is 3.09. The maximum absolute atomic E-state index is 12.4. The fourth-order valence-corrected chi connectivity index (χ4v) is 3.40. The summed E-state index contributed by atoms with van der Waals surface area (Å²) in [6.45, 7) is 7.47. The van der Waals surface area contributed by atoms with Crippen molar-refractivity contribution in [2.24, 2.45) is 5.92 Å². The van der Waals surface area contributed by atoms with Gasteiger partial charge in [-0.2, -0.15) is 5.10 Å². The van der Waals surface area contributed by atoms with Gasteiger partial charge in [-0.25, -0.2) is 0 Å². The third-order valence-corrected chi connectivity index (χ3v) is 4.72. The van der Waals surface area contributed by atoms with Gasteiger partial charge in [-0.15, -0.1) is 0 Å². The Kier molecular flexibility index (Phi) is 5.67. The number of aryl methyl sites for hydroxylation is 1. The number of benzene rings is 1. The SMILES string of the molecule is Cc1nn(CC(C)C)c(Cl)c1/C=C/C(=O)N[C@@H]1CCOc2ccccc21. The third kappa shape index (κ3) is 4.10. The molecule has 1 aromatic carbocycles. The average Bonchev–Trinajstić information content (AvgIpc) is 2.86. The molecule has 0 bridgehead atoms. The first-order valence-electron chi connectivity index (χ1n) is 8.89. The van der Waals surface area contributed by atoms with E-state index in [0.29, 0.717) is 17.7 Å². The van der Waals surface area contributed by atoms with Crippen LogP contribution < -0.4 is 10.1 Å². The molecule has 138 valence electrons. The Morgan fingerprint density at radius 2 is 2.23 bits per heavy atom. The van der Waals surface area contributed by atoms with E-state index in [2.05, 4.69) is 24.3 Å². The van der Waals surface area contributed by atoms with Crippen molar-refractivity contribution >= 4 is 23.6 Å². The van der Waals surface area contributed by atoms with Crippen LogP contribution in [0.5, 0.6) is 5.75 Å². The van der Waals surface area contributed by atoms with Gasteiger partial charge in [-0.3, -0.25) is 9.48 Å². The van der Waals surface area contributed by atoms with Gasteiger partial charge in [0.1, 0.15) is 10.9 Å². The highest BCUT2D eigenvalue weighted by Gasteiger charge is 2.22. The van der Waals surface area contributed by atoms with Gasteiger partial charge in [0.2, 0.25) is 5.91 Å². The van der Waals surface area contributed by atoms with E-state index >= 15 is 0 Å². The van der Waals surface area contributed by atoms with E-state index in [1.54, 1.807) is 10.8 Å². The molecule has 1 atom stereocenters. The Morgan fingerprint density at radius 3 is 3.00 bits per heavy atom. The molecule has 2 aromatic rings. The van der Waals surface area contributed by atoms with E-state index in [1.807, 2.05) is 31.2 Å². The number of carbonyl (C=O) groups is 1. The first kappa shape index (κ1) is 18.5. The second-order valence-electron chi connectivity index (χ2n) is 6.94. The topological polar surface area (TPSA) is 56.2 Å². The molecule has 1 aliphatic rings. The number of hydrogen-bond donors (Lipinski definition) is 1. The zero-order chi connectivity index (χ0) is 18.7. The summed E-state index contributed by atoms with van der Waals surface area (Å²) in [6, 6.07) is 7.75. The second kappa shape index (κ2) is 7.96. The Labute approximate surface area is 159 Å². The van der Waals surface area contributed by atoms with Gasteiger partial charge in [-0.05, 0) is 25.0 Å². The Morgan fingerprint density at radius 1 is 1.46 bits per heavy atom. The molecule has 0 saturated carbocycles. The van der Waals surface area contributed by atoms with Gasteiger partial charge in [0, 0.05) is 30.2 Å². The molecule has 5 nitrogen and oxygen atoms in total. The number of para-hydroxylation sites is 1. The lowest BCUT2D eigenvalue weighted by molar-refractivity contribution is -0.117. The van der Waals surface area contributed by atoms with Crippen molar-refractivity contribution in [2.45, 2.75) is 39.8 Å². The molecule has 0 fully saturated rings. The van der Waals surface area contributed by atoms with Gasteiger partial charge < -0.3 is 10.1 Å². The fraction of sp³-hybridized carbons (Fsp3) is 0.400. The largest absolute Gasteiger partial charge is 0.493 e. The van der Waals surface area contributed by atoms with E-state index < -0.39 is 0 Å². The predicted molar refractivity (Wildman–Crippen MR) is 103 cm³/mol. The molecule has 0 spiro atoms. The summed E-state index contributed by atoms with van der Waals surface area (Å²) in [4.78, 5) is 12.4. The van der Waals surface area contributed by atoms with Crippen molar-refractivity contribution in [3.63, 3.8) is 0 Å². The van der Waals surface area contributed by atoms with E-state index in [0.717, 1.165) is 35.5 Å². The van der Waals surface area contributed by atoms with E-state index in [9.17, 15) is 4.79 Å². The van der Waals surface area contributed by atoms with Crippen molar-refractivity contribution in [3.8, 4) is 5.75 Å². The Bertz CT molecular complexity index is 826. The molecule has 3 rings (SSSR count). The first-order chi connectivity index (χ1) is 12.5. The summed E-state index contributed by atoms with van der Waals surface area (Å²) in [5, 5.41) is 8.07. The van der Waals surface area contributed by atoms with Gasteiger partial charge >= 0.3 is 0 Å². The standard InChI is InChI=1S/C20H24ClN3O2/c1-13(2)12-24-20(21)15(14(3)23-24)8-9-19(25)22-17-10-11-26-18-7-5-4-6-16(17)18/h4-9,13,17H,10-12H2,1-3H3,(H,22,25)/b9-8+/t17-/m1/s1. The third-order valence-electron chi connectivity index (χ3n) is 4.32. The highest BCUT2D eigenvalue weighted by atomic mass is 35.5. The molecule has 0 aliphatic carbocycles. The maximum Gasteiger partial charge on any atom is 0.244 e. The van der Waals surface area contributed by atoms with Crippen LogP contribution >= 0.6 is 11.6 Å². The van der Waals surface area contributed by atoms with Crippen LogP contribution in [-0.2, 0) is 11.3 Å². The summed E-state index contributed by atoms with van der Waals surface area (Å²) >= 11 is 6.42. The monoisotopic (exact) mass is 373 g/mol. The molecule has 2 heterocycles.